The van der Waals surface area contributed by atoms with Crippen molar-refractivity contribution in [3.8, 4) is 5.88 Å². The van der Waals surface area contributed by atoms with Gasteiger partial charge < -0.3 is 20.3 Å². The number of carbonyl (C=O) groups is 1. The monoisotopic (exact) mass is 374 g/mol. The number of ether oxygens (including phenoxy) is 1. The molecule has 0 spiro atoms. The molecule has 0 aromatic carbocycles. The number of amides is 1. The van der Waals surface area contributed by atoms with E-state index in [4.69, 9.17) is 10.5 Å². The van der Waals surface area contributed by atoms with Crippen LogP contribution in [0.4, 0.5) is 11.6 Å². The molecule has 0 atom stereocenters. The van der Waals surface area contributed by atoms with E-state index in [1.807, 2.05) is 11.2 Å². The van der Waals surface area contributed by atoms with E-state index in [0.29, 0.717) is 42.1 Å². The SMILES string of the molecule is COc1cc(C(=O)N2CCCN(c3cc(N)nc(SC)n3)CC2)ccn1. The van der Waals surface area contributed by atoms with Crippen molar-refractivity contribution in [2.24, 2.45) is 0 Å². The van der Waals surface area contributed by atoms with E-state index in [-0.39, 0.29) is 5.91 Å². The molecule has 2 aromatic rings. The standard InChI is InChI=1S/C17H22N6O2S/c1-25-15-10-12(4-5-19-15)16(24)23-7-3-6-22(8-9-23)14-11-13(18)20-17(21-14)26-2/h4-5,10-11H,3,6-9H2,1-2H3,(H2,18,20,21). The van der Waals surface area contributed by atoms with Crippen LogP contribution in [-0.4, -0.2) is 65.3 Å². The molecule has 1 saturated heterocycles. The average Bonchev–Trinajstić information content (AvgIpc) is 2.93. The van der Waals surface area contributed by atoms with E-state index >= 15 is 0 Å². The number of hydrogen-bond acceptors (Lipinski definition) is 8. The fourth-order valence-corrected chi connectivity index (χ4v) is 3.25. The molecule has 0 saturated carbocycles. The van der Waals surface area contributed by atoms with Crippen molar-refractivity contribution >= 4 is 29.3 Å². The van der Waals surface area contributed by atoms with E-state index in [1.54, 1.807) is 24.4 Å². The molecule has 2 N–H and O–H groups in total. The van der Waals surface area contributed by atoms with Crippen LogP contribution >= 0.6 is 11.8 Å². The number of rotatable bonds is 4. The molecule has 0 radical (unpaired) electrons. The molecular weight excluding hydrogens is 352 g/mol. The fourth-order valence-electron chi connectivity index (χ4n) is 2.87. The summed E-state index contributed by atoms with van der Waals surface area (Å²) in [6.45, 7) is 2.81. The molecule has 1 aliphatic rings. The first-order chi connectivity index (χ1) is 12.6. The third-order valence-electron chi connectivity index (χ3n) is 4.19. The fraction of sp³-hybridized carbons (Fsp3) is 0.412. The van der Waals surface area contributed by atoms with Gasteiger partial charge in [-0.05, 0) is 18.7 Å². The number of nitrogen functional groups attached to an aromatic ring is 1. The average molecular weight is 374 g/mol. The lowest BCUT2D eigenvalue weighted by molar-refractivity contribution is 0.0766. The van der Waals surface area contributed by atoms with Gasteiger partial charge in [0.2, 0.25) is 5.88 Å². The van der Waals surface area contributed by atoms with E-state index in [1.165, 1.54) is 18.9 Å². The summed E-state index contributed by atoms with van der Waals surface area (Å²) in [5.74, 6) is 1.69. The maximum absolute atomic E-state index is 12.8. The van der Waals surface area contributed by atoms with Gasteiger partial charge in [-0.25, -0.2) is 15.0 Å². The molecule has 3 heterocycles. The molecule has 138 valence electrons. The van der Waals surface area contributed by atoms with Gasteiger partial charge >= 0.3 is 0 Å². The van der Waals surface area contributed by atoms with Crippen molar-refractivity contribution < 1.29 is 9.53 Å². The number of thioether (sulfide) groups is 1. The molecule has 0 bridgehead atoms. The first-order valence-electron chi connectivity index (χ1n) is 8.33. The predicted octanol–water partition coefficient (Wildman–Crippen LogP) is 1.54. The Morgan fingerprint density at radius 3 is 2.85 bits per heavy atom. The quantitative estimate of drug-likeness (QED) is 0.636. The molecule has 1 amide bonds. The second-order valence-corrected chi connectivity index (χ2v) is 6.63. The predicted molar refractivity (Wildman–Crippen MR) is 102 cm³/mol. The highest BCUT2D eigenvalue weighted by Gasteiger charge is 2.22. The van der Waals surface area contributed by atoms with E-state index in [9.17, 15) is 4.79 Å². The van der Waals surface area contributed by atoms with Crippen molar-refractivity contribution in [2.75, 3.05) is 50.2 Å². The third-order valence-corrected chi connectivity index (χ3v) is 4.74. The highest BCUT2D eigenvalue weighted by Crippen LogP contribution is 2.21. The molecule has 9 heteroatoms. The summed E-state index contributed by atoms with van der Waals surface area (Å²) >= 11 is 1.46. The van der Waals surface area contributed by atoms with E-state index in [2.05, 4.69) is 19.9 Å². The zero-order valence-corrected chi connectivity index (χ0v) is 15.7. The van der Waals surface area contributed by atoms with Crippen LogP contribution in [0.3, 0.4) is 0 Å². The summed E-state index contributed by atoms with van der Waals surface area (Å²) in [6.07, 6.45) is 4.36. The largest absolute Gasteiger partial charge is 0.481 e. The molecule has 26 heavy (non-hydrogen) atoms. The molecule has 2 aromatic heterocycles. The van der Waals surface area contributed by atoms with Crippen LogP contribution < -0.4 is 15.4 Å². The molecular formula is C17H22N6O2S. The second kappa shape index (κ2) is 8.22. The van der Waals surface area contributed by atoms with Crippen molar-refractivity contribution in [1.82, 2.24) is 19.9 Å². The Morgan fingerprint density at radius 2 is 2.08 bits per heavy atom. The van der Waals surface area contributed by atoms with E-state index in [0.717, 1.165) is 18.8 Å². The van der Waals surface area contributed by atoms with E-state index < -0.39 is 0 Å². The van der Waals surface area contributed by atoms with Gasteiger partial charge in [-0.1, -0.05) is 11.8 Å². The summed E-state index contributed by atoms with van der Waals surface area (Å²) in [6, 6.07) is 5.16. The number of nitrogens with two attached hydrogens (primary N) is 1. The first kappa shape index (κ1) is 18.2. The van der Waals surface area contributed by atoms with Crippen LogP contribution in [-0.2, 0) is 0 Å². The van der Waals surface area contributed by atoms with Crippen molar-refractivity contribution in [3.63, 3.8) is 0 Å². The lowest BCUT2D eigenvalue weighted by atomic mass is 10.2. The zero-order valence-electron chi connectivity index (χ0n) is 14.9. The molecule has 1 fully saturated rings. The normalized spacial score (nSPS) is 14.8. The summed E-state index contributed by atoms with van der Waals surface area (Å²) in [5.41, 5.74) is 6.47. The summed E-state index contributed by atoms with van der Waals surface area (Å²) in [7, 11) is 1.54. The Bertz CT molecular complexity index is 788. The molecule has 0 unspecified atom stereocenters. The number of nitrogens with zero attached hydrogens (tertiary/aromatic N) is 5. The second-order valence-electron chi connectivity index (χ2n) is 5.86. The highest BCUT2D eigenvalue weighted by atomic mass is 32.2. The Morgan fingerprint density at radius 1 is 1.23 bits per heavy atom. The topological polar surface area (TPSA) is 97.5 Å². The molecule has 1 aliphatic heterocycles. The lowest BCUT2D eigenvalue weighted by Gasteiger charge is -2.23. The number of carbonyl (C=O) groups excluding carboxylic acids is 1. The molecule has 3 rings (SSSR count). The maximum atomic E-state index is 12.8. The minimum atomic E-state index is -0.0143. The summed E-state index contributed by atoms with van der Waals surface area (Å²) in [4.78, 5) is 29.6. The number of methoxy groups -OCH3 is 1. The Hall–Kier alpha value is -2.55. The number of hydrogen-bond donors (Lipinski definition) is 1. The Kier molecular flexibility index (Phi) is 5.77. The van der Waals surface area contributed by atoms with Gasteiger partial charge in [0.1, 0.15) is 11.6 Å². The minimum absolute atomic E-state index is 0.0143. The highest BCUT2D eigenvalue weighted by molar-refractivity contribution is 7.98. The number of anilines is 2. The van der Waals surface area contributed by atoms with Crippen LogP contribution in [0.15, 0.2) is 29.6 Å². The zero-order chi connectivity index (χ0) is 18.5. The van der Waals surface area contributed by atoms with Gasteiger partial charge in [-0.2, -0.15) is 0 Å². The molecule has 0 aliphatic carbocycles. The summed E-state index contributed by atoms with van der Waals surface area (Å²) in [5, 5.41) is 0.654. The van der Waals surface area contributed by atoms with Crippen LogP contribution in [0.5, 0.6) is 5.88 Å². The van der Waals surface area contributed by atoms with Crippen LogP contribution in [0.25, 0.3) is 0 Å². The Balaban J connectivity index is 1.71. The lowest BCUT2D eigenvalue weighted by Crippen LogP contribution is -2.35. The van der Waals surface area contributed by atoms with Crippen molar-refractivity contribution in [1.29, 1.82) is 0 Å². The van der Waals surface area contributed by atoms with Crippen molar-refractivity contribution in [2.45, 2.75) is 11.6 Å². The summed E-state index contributed by atoms with van der Waals surface area (Å²) < 4.78 is 5.11. The molecule has 8 nitrogen and oxygen atoms in total. The van der Waals surface area contributed by atoms with Gasteiger partial charge in [-0.3, -0.25) is 4.79 Å². The smallest absolute Gasteiger partial charge is 0.254 e. The first-order valence-corrected chi connectivity index (χ1v) is 9.56. The minimum Gasteiger partial charge on any atom is -0.481 e. The van der Waals surface area contributed by atoms with Gasteiger partial charge in [0.05, 0.1) is 7.11 Å². The number of pyridine rings is 1. The maximum Gasteiger partial charge on any atom is 0.254 e. The Labute approximate surface area is 156 Å². The van der Waals surface area contributed by atoms with Gasteiger partial charge in [0, 0.05) is 50.1 Å². The van der Waals surface area contributed by atoms with Crippen LogP contribution in [0.1, 0.15) is 16.8 Å². The van der Waals surface area contributed by atoms with Crippen LogP contribution in [0, 0.1) is 0 Å². The van der Waals surface area contributed by atoms with Gasteiger partial charge in [0.25, 0.3) is 5.91 Å². The van der Waals surface area contributed by atoms with Crippen LogP contribution in [0.2, 0.25) is 0 Å². The third kappa shape index (κ3) is 4.16. The van der Waals surface area contributed by atoms with Gasteiger partial charge in [-0.15, -0.1) is 0 Å². The van der Waals surface area contributed by atoms with Gasteiger partial charge in [0.15, 0.2) is 5.16 Å². The van der Waals surface area contributed by atoms with Crippen molar-refractivity contribution in [3.05, 3.63) is 30.0 Å². The number of aromatic nitrogens is 3.